The number of nitrogens with one attached hydrogen (secondary N) is 1. The van der Waals surface area contributed by atoms with Gasteiger partial charge in [-0.2, -0.15) is 0 Å². The fourth-order valence-electron chi connectivity index (χ4n) is 5.56. The second kappa shape index (κ2) is 7.32. The van der Waals surface area contributed by atoms with Crippen molar-refractivity contribution in [1.82, 2.24) is 25.0 Å². The first-order chi connectivity index (χ1) is 13.7. The van der Waals surface area contributed by atoms with Crippen molar-refractivity contribution < 1.29 is 4.79 Å². The Bertz CT molecular complexity index is 848. The summed E-state index contributed by atoms with van der Waals surface area (Å²) in [6.07, 6.45) is 6.70. The molecule has 2 aliphatic heterocycles. The third-order valence-corrected chi connectivity index (χ3v) is 6.99. The van der Waals surface area contributed by atoms with Crippen molar-refractivity contribution in [2.75, 3.05) is 13.1 Å². The SMILES string of the molecule is O=C(NCc1nnc2n1CCCC2)[C@@]12CCC[C@@H]1CN(Cc1ccccc1)C2. The first-order valence-corrected chi connectivity index (χ1v) is 10.7. The fourth-order valence-corrected chi connectivity index (χ4v) is 5.56. The number of fused-ring (bicyclic) bond motifs is 2. The van der Waals surface area contributed by atoms with Crippen molar-refractivity contribution >= 4 is 5.91 Å². The van der Waals surface area contributed by atoms with E-state index >= 15 is 0 Å². The summed E-state index contributed by atoms with van der Waals surface area (Å²) in [5.74, 6) is 2.68. The van der Waals surface area contributed by atoms with Crippen LogP contribution in [0.2, 0.25) is 0 Å². The van der Waals surface area contributed by atoms with Crippen LogP contribution in [0.5, 0.6) is 0 Å². The second-order valence-corrected chi connectivity index (χ2v) is 8.72. The number of hydrogen-bond acceptors (Lipinski definition) is 4. The maximum absolute atomic E-state index is 13.3. The molecule has 6 nitrogen and oxygen atoms in total. The van der Waals surface area contributed by atoms with Crippen molar-refractivity contribution in [2.45, 2.75) is 58.2 Å². The molecule has 1 saturated carbocycles. The lowest BCUT2D eigenvalue weighted by Gasteiger charge is -2.28. The highest BCUT2D eigenvalue weighted by Crippen LogP contribution is 2.49. The molecule has 148 valence electrons. The van der Waals surface area contributed by atoms with Crippen LogP contribution in [-0.2, 0) is 30.8 Å². The number of likely N-dealkylation sites (tertiary alicyclic amines) is 1. The number of nitrogens with zero attached hydrogens (tertiary/aromatic N) is 4. The molecule has 3 aliphatic rings. The van der Waals surface area contributed by atoms with E-state index in [1.54, 1.807) is 0 Å². The first-order valence-electron chi connectivity index (χ1n) is 10.7. The smallest absolute Gasteiger partial charge is 0.228 e. The Labute approximate surface area is 166 Å². The summed E-state index contributed by atoms with van der Waals surface area (Å²) in [4.78, 5) is 15.8. The molecule has 1 aromatic carbocycles. The number of aryl methyl sites for hydroxylation is 1. The van der Waals surface area contributed by atoms with E-state index in [1.807, 2.05) is 0 Å². The minimum atomic E-state index is -0.223. The van der Waals surface area contributed by atoms with Crippen LogP contribution in [0, 0.1) is 11.3 Å². The number of rotatable bonds is 5. The van der Waals surface area contributed by atoms with Gasteiger partial charge in [-0.05, 0) is 37.2 Å². The average molecular weight is 380 g/mol. The molecule has 1 N–H and O–H groups in total. The molecule has 0 unspecified atom stereocenters. The molecule has 6 heteroatoms. The van der Waals surface area contributed by atoms with E-state index in [0.717, 1.165) is 57.1 Å². The third-order valence-electron chi connectivity index (χ3n) is 6.99. The molecular formula is C22H29N5O. The zero-order valence-corrected chi connectivity index (χ0v) is 16.4. The third kappa shape index (κ3) is 3.13. The molecule has 2 aromatic rings. The minimum absolute atomic E-state index is 0.221. The monoisotopic (exact) mass is 379 g/mol. The normalized spacial score (nSPS) is 26.8. The Hall–Kier alpha value is -2.21. The van der Waals surface area contributed by atoms with Gasteiger partial charge in [-0.15, -0.1) is 10.2 Å². The standard InChI is InChI=1S/C22H29N5O/c28-21(23-13-20-25-24-19-10-4-5-12-27(19)20)22-11-6-9-18(22)15-26(16-22)14-17-7-2-1-3-8-17/h1-3,7-8,18H,4-6,9-16H2,(H,23,28)/t18-,22-/m1/s1. The molecular weight excluding hydrogens is 350 g/mol. The van der Waals surface area contributed by atoms with Crippen LogP contribution in [0.3, 0.4) is 0 Å². The summed E-state index contributed by atoms with van der Waals surface area (Å²) in [7, 11) is 0. The highest BCUT2D eigenvalue weighted by atomic mass is 16.2. The van der Waals surface area contributed by atoms with E-state index in [-0.39, 0.29) is 11.3 Å². The molecule has 1 amide bonds. The minimum Gasteiger partial charge on any atom is -0.348 e. The van der Waals surface area contributed by atoms with Crippen LogP contribution in [0.25, 0.3) is 0 Å². The highest BCUT2D eigenvalue weighted by molar-refractivity contribution is 5.84. The molecule has 0 bridgehead atoms. The number of amides is 1. The molecule has 2 fully saturated rings. The molecule has 0 radical (unpaired) electrons. The van der Waals surface area contributed by atoms with Gasteiger partial charge in [0, 0.05) is 32.6 Å². The van der Waals surface area contributed by atoms with E-state index in [9.17, 15) is 4.79 Å². The molecule has 5 rings (SSSR count). The highest BCUT2D eigenvalue weighted by Gasteiger charge is 2.54. The quantitative estimate of drug-likeness (QED) is 0.867. The molecule has 1 saturated heterocycles. The number of benzene rings is 1. The predicted molar refractivity (Wildman–Crippen MR) is 106 cm³/mol. The summed E-state index contributed by atoms with van der Waals surface area (Å²) >= 11 is 0. The topological polar surface area (TPSA) is 63.1 Å². The summed E-state index contributed by atoms with van der Waals surface area (Å²) in [6, 6.07) is 10.6. The van der Waals surface area contributed by atoms with Crippen LogP contribution < -0.4 is 5.32 Å². The van der Waals surface area contributed by atoms with Crippen molar-refractivity contribution in [1.29, 1.82) is 0 Å². The van der Waals surface area contributed by atoms with Crippen LogP contribution in [0.15, 0.2) is 30.3 Å². The average Bonchev–Trinajstić information content (AvgIpc) is 3.39. The summed E-state index contributed by atoms with van der Waals surface area (Å²) in [5.41, 5.74) is 1.10. The van der Waals surface area contributed by atoms with Crippen molar-refractivity contribution in [3.63, 3.8) is 0 Å². The Morgan fingerprint density at radius 1 is 1.18 bits per heavy atom. The van der Waals surface area contributed by atoms with E-state index in [0.29, 0.717) is 12.5 Å². The van der Waals surface area contributed by atoms with Gasteiger partial charge in [0.1, 0.15) is 5.82 Å². The van der Waals surface area contributed by atoms with Gasteiger partial charge < -0.3 is 9.88 Å². The lowest BCUT2D eigenvalue weighted by molar-refractivity contribution is -0.131. The molecule has 1 aromatic heterocycles. The van der Waals surface area contributed by atoms with Gasteiger partial charge in [-0.25, -0.2) is 0 Å². The van der Waals surface area contributed by atoms with E-state index < -0.39 is 0 Å². The maximum Gasteiger partial charge on any atom is 0.228 e. The summed E-state index contributed by atoms with van der Waals surface area (Å²) < 4.78 is 2.20. The maximum atomic E-state index is 13.3. The largest absolute Gasteiger partial charge is 0.348 e. The van der Waals surface area contributed by atoms with Crippen molar-refractivity contribution in [3.05, 3.63) is 47.5 Å². The Kier molecular flexibility index (Phi) is 4.67. The zero-order chi connectivity index (χ0) is 19.0. The molecule has 1 aliphatic carbocycles. The van der Waals surface area contributed by atoms with Gasteiger partial charge in [0.25, 0.3) is 0 Å². The van der Waals surface area contributed by atoms with E-state index in [4.69, 9.17) is 0 Å². The number of carbonyl (C=O) groups excluding carboxylic acids is 1. The van der Waals surface area contributed by atoms with Gasteiger partial charge in [0.15, 0.2) is 5.82 Å². The van der Waals surface area contributed by atoms with Gasteiger partial charge in [0.05, 0.1) is 12.0 Å². The van der Waals surface area contributed by atoms with Gasteiger partial charge in [-0.3, -0.25) is 9.69 Å². The lowest BCUT2D eigenvalue weighted by atomic mass is 9.80. The first kappa shape index (κ1) is 17.9. The Morgan fingerprint density at radius 3 is 2.96 bits per heavy atom. The molecule has 2 atom stereocenters. The second-order valence-electron chi connectivity index (χ2n) is 8.72. The Morgan fingerprint density at radius 2 is 2.07 bits per heavy atom. The molecule has 28 heavy (non-hydrogen) atoms. The van der Waals surface area contributed by atoms with Gasteiger partial charge >= 0.3 is 0 Å². The van der Waals surface area contributed by atoms with Crippen LogP contribution >= 0.6 is 0 Å². The van der Waals surface area contributed by atoms with E-state index in [1.165, 1.54) is 24.8 Å². The number of hydrogen-bond donors (Lipinski definition) is 1. The van der Waals surface area contributed by atoms with Crippen LogP contribution in [0.1, 0.15) is 49.3 Å². The number of carbonyl (C=O) groups is 1. The summed E-state index contributed by atoms with van der Waals surface area (Å²) in [6.45, 7) is 4.31. The summed E-state index contributed by atoms with van der Waals surface area (Å²) in [5, 5.41) is 11.9. The van der Waals surface area contributed by atoms with Crippen LogP contribution in [-0.4, -0.2) is 38.7 Å². The van der Waals surface area contributed by atoms with Crippen molar-refractivity contribution in [2.24, 2.45) is 11.3 Å². The van der Waals surface area contributed by atoms with Gasteiger partial charge in [-0.1, -0.05) is 36.8 Å². The van der Waals surface area contributed by atoms with Crippen LogP contribution in [0.4, 0.5) is 0 Å². The van der Waals surface area contributed by atoms with Gasteiger partial charge in [0.2, 0.25) is 5.91 Å². The van der Waals surface area contributed by atoms with E-state index in [2.05, 4.69) is 55.3 Å². The zero-order valence-electron chi connectivity index (χ0n) is 16.4. The Balaban J connectivity index is 1.26. The molecule has 3 heterocycles. The fraction of sp³-hybridized carbons (Fsp3) is 0.591. The molecule has 0 spiro atoms. The van der Waals surface area contributed by atoms with Crippen molar-refractivity contribution in [3.8, 4) is 0 Å². The predicted octanol–water partition coefficient (Wildman–Crippen LogP) is 2.53. The lowest BCUT2D eigenvalue weighted by Crippen LogP contribution is -2.44. The number of aromatic nitrogens is 3.